The van der Waals surface area contributed by atoms with Crippen molar-refractivity contribution in [2.75, 3.05) is 20.7 Å². The highest BCUT2D eigenvalue weighted by atomic mass is 16.5. The van der Waals surface area contributed by atoms with Crippen molar-refractivity contribution in [3.05, 3.63) is 29.8 Å². The van der Waals surface area contributed by atoms with Crippen LogP contribution in [-0.2, 0) is 6.54 Å². The molecule has 2 N–H and O–H groups in total. The molecule has 1 aromatic carbocycles. The predicted octanol–water partition coefficient (Wildman–Crippen LogP) is 3.28. The normalized spacial score (nSPS) is 26.0. The van der Waals surface area contributed by atoms with Gasteiger partial charge in [-0.25, -0.2) is 0 Å². The van der Waals surface area contributed by atoms with Crippen LogP contribution in [0.5, 0.6) is 5.75 Å². The lowest BCUT2D eigenvalue weighted by Crippen LogP contribution is -2.42. The molecular formula is C18H30N2O. The molecule has 3 atom stereocenters. The zero-order chi connectivity index (χ0) is 15.2. The molecule has 1 aromatic rings. The van der Waals surface area contributed by atoms with Crippen LogP contribution in [0.4, 0.5) is 0 Å². The molecule has 1 fully saturated rings. The summed E-state index contributed by atoms with van der Waals surface area (Å²) in [5.41, 5.74) is 7.64. The summed E-state index contributed by atoms with van der Waals surface area (Å²) in [4.78, 5) is 2.40. The van der Waals surface area contributed by atoms with Gasteiger partial charge in [0, 0.05) is 19.1 Å². The Hall–Kier alpha value is -1.06. The SMILES string of the molecule is CCC1CCC(N)C(CN(C)Cc2cccc(OC)c2)C1. The summed E-state index contributed by atoms with van der Waals surface area (Å²) in [6.45, 7) is 4.35. The van der Waals surface area contributed by atoms with Gasteiger partial charge >= 0.3 is 0 Å². The smallest absolute Gasteiger partial charge is 0.119 e. The van der Waals surface area contributed by atoms with Crippen molar-refractivity contribution in [3.63, 3.8) is 0 Å². The van der Waals surface area contributed by atoms with Crippen molar-refractivity contribution >= 4 is 0 Å². The maximum atomic E-state index is 6.34. The van der Waals surface area contributed by atoms with E-state index in [1.165, 1.54) is 31.2 Å². The van der Waals surface area contributed by atoms with E-state index in [1.807, 2.05) is 6.07 Å². The van der Waals surface area contributed by atoms with Crippen LogP contribution in [-0.4, -0.2) is 31.6 Å². The van der Waals surface area contributed by atoms with Gasteiger partial charge in [-0.05, 0) is 55.8 Å². The summed E-state index contributed by atoms with van der Waals surface area (Å²) in [5, 5.41) is 0. The Labute approximate surface area is 129 Å². The van der Waals surface area contributed by atoms with Gasteiger partial charge in [0.25, 0.3) is 0 Å². The van der Waals surface area contributed by atoms with Crippen molar-refractivity contribution in [1.29, 1.82) is 0 Å². The molecule has 2 rings (SSSR count). The van der Waals surface area contributed by atoms with Crippen molar-refractivity contribution in [3.8, 4) is 5.75 Å². The summed E-state index contributed by atoms with van der Waals surface area (Å²) in [6.07, 6.45) is 5.09. The van der Waals surface area contributed by atoms with E-state index < -0.39 is 0 Å². The first-order chi connectivity index (χ1) is 10.1. The molecule has 3 unspecified atom stereocenters. The van der Waals surface area contributed by atoms with Crippen LogP contribution in [0.25, 0.3) is 0 Å². The summed E-state index contributed by atoms with van der Waals surface area (Å²) in [7, 11) is 3.91. The third-order valence-corrected chi connectivity index (χ3v) is 4.86. The summed E-state index contributed by atoms with van der Waals surface area (Å²) >= 11 is 0. The van der Waals surface area contributed by atoms with Crippen LogP contribution in [0.2, 0.25) is 0 Å². The molecule has 0 amide bonds. The number of ether oxygens (including phenoxy) is 1. The molecule has 0 spiro atoms. The molecule has 118 valence electrons. The number of hydrogen-bond acceptors (Lipinski definition) is 3. The van der Waals surface area contributed by atoms with Gasteiger partial charge in [0.2, 0.25) is 0 Å². The van der Waals surface area contributed by atoms with E-state index in [2.05, 4.69) is 37.1 Å². The molecule has 0 aliphatic heterocycles. The Morgan fingerprint density at radius 2 is 2.14 bits per heavy atom. The van der Waals surface area contributed by atoms with Crippen LogP contribution in [0.3, 0.4) is 0 Å². The maximum absolute atomic E-state index is 6.34. The van der Waals surface area contributed by atoms with E-state index in [0.29, 0.717) is 12.0 Å². The highest BCUT2D eigenvalue weighted by molar-refractivity contribution is 5.28. The van der Waals surface area contributed by atoms with Gasteiger partial charge in [0.15, 0.2) is 0 Å². The fourth-order valence-corrected chi connectivity index (χ4v) is 3.51. The highest BCUT2D eigenvalue weighted by Gasteiger charge is 2.27. The number of rotatable bonds is 6. The number of methoxy groups -OCH3 is 1. The summed E-state index contributed by atoms with van der Waals surface area (Å²) in [6, 6.07) is 8.70. The molecule has 1 aliphatic rings. The first-order valence-electron chi connectivity index (χ1n) is 8.19. The molecule has 0 bridgehead atoms. The van der Waals surface area contributed by atoms with E-state index in [0.717, 1.165) is 24.8 Å². The Morgan fingerprint density at radius 3 is 2.86 bits per heavy atom. The van der Waals surface area contributed by atoms with Crippen molar-refractivity contribution in [2.24, 2.45) is 17.6 Å². The molecule has 1 aliphatic carbocycles. The Kier molecular flexibility index (Phi) is 6.07. The third kappa shape index (κ3) is 4.72. The maximum Gasteiger partial charge on any atom is 0.119 e. The fraction of sp³-hybridized carbons (Fsp3) is 0.667. The van der Waals surface area contributed by atoms with E-state index in [-0.39, 0.29) is 0 Å². The number of hydrogen-bond donors (Lipinski definition) is 1. The van der Waals surface area contributed by atoms with Crippen molar-refractivity contribution in [2.45, 2.75) is 45.2 Å². The monoisotopic (exact) mass is 290 g/mol. The number of nitrogens with zero attached hydrogens (tertiary/aromatic N) is 1. The topological polar surface area (TPSA) is 38.5 Å². The molecule has 0 heterocycles. The second-order valence-electron chi connectivity index (χ2n) is 6.56. The Balaban J connectivity index is 1.89. The Bertz CT molecular complexity index is 435. The lowest BCUT2D eigenvalue weighted by molar-refractivity contribution is 0.168. The molecule has 0 radical (unpaired) electrons. The summed E-state index contributed by atoms with van der Waals surface area (Å²) in [5.74, 6) is 2.45. The fourth-order valence-electron chi connectivity index (χ4n) is 3.51. The standard InChI is InChI=1S/C18H30N2O/c1-4-14-8-9-18(19)16(10-14)13-20(2)12-15-6-5-7-17(11-15)21-3/h5-7,11,14,16,18H,4,8-10,12-13,19H2,1-3H3. The minimum Gasteiger partial charge on any atom is -0.497 e. The molecule has 3 nitrogen and oxygen atoms in total. The van der Waals surface area contributed by atoms with E-state index >= 15 is 0 Å². The van der Waals surface area contributed by atoms with Gasteiger partial charge in [0.05, 0.1) is 7.11 Å². The van der Waals surface area contributed by atoms with E-state index in [9.17, 15) is 0 Å². The van der Waals surface area contributed by atoms with Crippen LogP contribution < -0.4 is 10.5 Å². The molecule has 0 saturated heterocycles. The van der Waals surface area contributed by atoms with Gasteiger partial charge in [0.1, 0.15) is 5.75 Å². The zero-order valence-corrected chi connectivity index (χ0v) is 13.7. The van der Waals surface area contributed by atoms with Crippen LogP contribution >= 0.6 is 0 Å². The van der Waals surface area contributed by atoms with Crippen molar-refractivity contribution in [1.82, 2.24) is 4.90 Å². The van der Waals surface area contributed by atoms with E-state index in [4.69, 9.17) is 10.5 Å². The third-order valence-electron chi connectivity index (χ3n) is 4.86. The van der Waals surface area contributed by atoms with Crippen LogP contribution in [0.15, 0.2) is 24.3 Å². The predicted molar refractivity (Wildman–Crippen MR) is 88.4 cm³/mol. The molecule has 1 saturated carbocycles. The number of benzene rings is 1. The lowest BCUT2D eigenvalue weighted by atomic mass is 9.77. The van der Waals surface area contributed by atoms with E-state index in [1.54, 1.807) is 7.11 Å². The largest absolute Gasteiger partial charge is 0.497 e. The molecule has 21 heavy (non-hydrogen) atoms. The first-order valence-corrected chi connectivity index (χ1v) is 8.19. The van der Waals surface area contributed by atoms with Gasteiger partial charge in [-0.15, -0.1) is 0 Å². The van der Waals surface area contributed by atoms with Crippen LogP contribution in [0.1, 0.15) is 38.2 Å². The highest BCUT2D eigenvalue weighted by Crippen LogP contribution is 2.31. The second kappa shape index (κ2) is 7.81. The second-order valence-corrected chi connectivity index (χ2v) is 6.56. The van der Waals surface area contributed by atoms with Gasteiger partial charge in [-0.1, -0.05) is 25.5 Å². The first kappa shape index (κ1) is 16.3. The average Bonchev–Trinajstić information content (AvgIpc) is 2.49. The quantitative estimate of drug-likeness (QED) is 0.874. The molecule has 3 heteroatoms. The molecular weight excluding hydrogens is 260 g/mol. The van der Waals surface area contributed by atoms with Gasteiger partial charge in [-0.2, -0.15) is 0 Å². The van der Waals surface area contributed by atoms with Gasteiger partial charge < -0.3 is 15.4 Å². The minimum atomic E-state index is 0.376. The molecule has 0 aromatic heterocycles. The minimum absolute atomic E-state index is 0.376. The number of nitrogens with two attached hydrogens (primary N) is 1. The zero-order valence-electron chi connectivity index (χ0n) is 13.7. The Morgan fingerprint density at radius 1 is 1.33 bits per heavy atom. The summed E-state index contributed by atoms with van der Waals surface area (Å²) < 4.78 is 5.29. The van der Waals surface area contributed by atoms with Crippen LogP contribution in [0, 0.1) is 11.8 Å². The lowest BCUT2D eigenvalue weighted by Gasteiger charge is -2.36. The van der Waals surface area contributed by atoms with Gasteiger partial charge in [-0.3, -0.25) is 0 Å². The average molecular weight is 290 g/mol. The van der Waals surface area contributed by atoms with Crippen molar-refractivity contribution < 1.29 is 4.74 Å².